The van der Waals surface area contributed by atoms with Crippen LogP contribution in [-0.2, 0) is 11.3 Å². The molecule has 0 atom stereocenters. The van der Waals surface area contributed by atoms with E-state index in [1.54, 1.807) is 12.5 Å². The number of pyridine rings is 1. The zero-order chi connectivity index (χ0) is 18.5. The molecule has 1 aromatic carbocycles. The lowest BCUT2D eigenvalue weighted by atomic mass is 9.95. The standard InChI is InChI=1S/C22H23N3O2/c26-22(24-20-6-1-5-19(14-20)21-7-3-13-27-21)18-8-11-25(12-9-18)16-17-4-2-10-23-15-17/h1-7,10,13-15,18H,8-9,11-12,16H2,(H,24,26). The lowest BCUT2D eigenvalue weighted by Crippen LogP contribution is -2.37. The zero-order valence-electron chi connectivity index (χ0n) is 15.2. The number of likely N-dealkylation sites (tertiary alicyclic amines) is 1. The number of benzene rings is 1. The molecule has 0 aliphatic carbocycles. The van der Waals surface area contributed by atoms with E-state index in [0.717, 1.165) is 49.5 Å². The third-order valence-corrected chi connectivity index (χ3v) is 5.02. The molecule has 1 aliphatic rings. The Hall–Kier alpha value is -2.92. The van der Waals surface area contributed by atoms with Crippen LogP contribution in [-0.4, -0.2) is 28.9 Å². The number of furan rings is 1. The topological polar surface area (TPSA) is 58.4 Å². The molecule has 1 saturated heterocycles. The van der Waals surface area contributed by atoms with Gasteiger partial charge in [-0.3, -0.25) is 14.7 Å². The highest BCUT2D eigenvalue weighted by molar-refractivity contribution is 5.93. The van der Waals surface area contributed by atoms with Crippen LogP contribution in [0.2, 0.25) is 0 Å². The molecule has 138 valence electrons. The minimum absolute atomic E-state index is 0.0578. The van der Waals surface area contributed by atoms with Gasteiger partial charge >= 0.3 is 0 Å². The molecule has 1 aliphatic heterocycles. The molecule has 0 unspecified atom stereocenters. The summed E-state index contributed by atoms with van der Waals surface area (Å²) in [5.41, 5.74) is 2.99. The quantitative estimate of drug-likeness (QED) is 0.740. The van der Waals surface area contributed by atoms with Crippen LogP contribution in [0, 0.1) is 5.92 Å². The van der Waals surface area contributed by atoms with Gasteiger partial charge in [-0.1, -0.05) is 18.2 Å². The van der Waals surface area contributed by atoms with E-state index in [4.69, 9.17) is 4.42 Å². The maximum absolute atomic E-state index is 12.7. The van der Waals surface area contributed by atoms with Crippen molar-refractivity contribution in [1.29, 1.82) is 0 Å². The first-order valence-electron chi connectivity index (χ1n) is 9.34. The van der Waals surface area contributed by atoms with Gasteiger partial charge in [0.15, 0.2) is 0 Å². The first-order valence-corrected chi connectivity index (χ1v) is 9.34. The molecule has 0 saturated carbocycles. The molecule has 1 fully saturated rings. The maximum atomic E-state index is 12.7. The number of hydrogen-bond acceptors (Lipinski definition) is 4. The number of piperidine rings is 1. The van der Waals surface area contributed by atoms with Gasteiger partial charge in [0.1, 0.15) is 5.76 Å². The minimum atomic E-state index is 0.0578. The van der Waals surface area contributed by atoms with Gasteiger partial charge in [-0.05, 0) is 61.8 Å². The Morgan fingerprint density at radius 2 is 2.04 bits per heavy atom. The second kappa shape index (κ2) is 8.18. The van der Waals surface area contributed by atoms with Gasteiger partial charge in [0.2, 0.25) is 5.91 Å². The summed E-state index contributed by atoms with van der Waals surface area (Å²) in [6.45, 7) is 2.76. The van der Waals surface area contributed by atoms with Crippen LogP contribution >= 0.6 is 0 Å². The van der Waals surface area contributed by atoms with Crippen LogP contribution < -0.4 is 5.32 Å². The lowest BCUT2D eigenvalue weighted by molar-refractivity contribution is -0.121. The van der Waals surface area contributed by atoms with Gasteiger partial charge in [0, 0.05) is 36.1 Å². The average molecular weight is 361 g/mol. The summed E-state index contributed by atoms with van der Waals surface area (Å²) in [6.07, 6.45) is 7.11. The Kier molecular flexibility index (Phi) is 5.30. The first-order chi connectivity index (χ1) is 13.3. The molecule has 0 radical (unpaired) electrons. The van der Waals surface area contributed by atoms with Gasteiger partial charge in [-0.15, -0.1) is 0 Å². The number of rotatable bonds is 5. The van der Waals surface area contributed by atoms with E-state index in [0.29, 0.717) is 0 Å². The molecule has 0 spiro atoms. The van der Waals surface area contributed by atoms with Gasteiger partial charge in [0.25, 0.3) is 0 Å². The number of hydrogen-bond donors (Lipinski definition) is 1. The zero-order valence-corrected chi connectivity index (χ0v) is 15.2. The van der Waals surface area contributed by atoms with Gasteiger partial charge in [-0.25, -0.2) is 0 Å². The lowest BCUT2D eigenvalue weighted by Gasteiger charge is -2.31. The molecule has 3 aromatic rings. The van der Waals surface area contributed by atoms with Crippen molar-refractivity contribution in [3.05, 3.63) is 72.8 Å². The van der Waals surface area contributed by atoms with Crippen molar-refractivity contribution in [3.8, 4) is 11.3 Å². The van der Waals surface area contributed by atoms with Crippen molar-refractivity contribution in [1.82, 2.24) is 9.88 Å². The summed E-state index contributed by atoms with van der Waals surface area (Å²) < 4.78 is 5.43. The van der Waals surface area contributed by atoms with Crippen molar-refractivity contribution in [3.63, 3.8) is 0 Å². The number of anilines is 1. The van der Waals surface area contributed by atoms with Crippen LogP contribution in [0.4, 0.5) is 5.69 Å². The largest absolute Gasteiger partial charge is 0.464 e. The third kappa shape index (κ3) is 4.44. The molecule has 2 aromatic heterocycles. The smallest absolute Gasteiger partial charge is 0.227 e. The monoisotopic (exact) mass is 361 g/mol. The molecule has 5 heteroatoms. The van der Waals surface area contributed by atoms with Crippen molar-refractivity contribution in [2.75, 3.05) is 18.4 Å². The summed E-state index contributed by atoms with van der Waals surface area (Å²) >= 11 is 0. The van der Waals surface area contributed by atoms with Crippen LogP contribution in [0.3, 0.4) is 0 Å². The molecule has 0 bridgehead atoms. The van der Waals surface area contributed by atoms with E-state index in [1.165, 1.54) is 5.56 Å². The Morgan fingerprint density at radius 3 is 2.78 bits per heavy atom. The maximum Gasteiger partial charge on any atom is 0.227 e. The van der Waals surface area contributed by atoms with Crippen molar-refractivity contribution in [2.45, 2.75) is 19.4 Å². The molecule has 1 amide bonds. The number of carbonyl (C=O) groups is 1. The Labute approximate surface area is 159 Å². The second-order valence-electron chi connectivity index (χ2n) is 6.96. The van der Waals surface area contributed by atoms with Crippen LogP contribution in [0.5, 0.6) is 0 Å². The summed E-state index contributed by atoms with van der Waals surface area (Å²) in [6, 6.07) is 15.6. The Morgan fingerprint density at radius 1 is 1.15 bits per heavy atom. The van der Waals surface area contributed by atoms with Gasteiger partial charge in [-0.2, -0.15) is 0 Å². The average Bonchev–Trinajstić information content (AvgIpc) is 3.24. The van der Waals surface area contributed by atoms with E-state index in [-0.39, 0.29) is 11.8 Å². The van der Waals surface area contributed by atoms with Crippen molar-refractivity contribution < 1.29 is 9.21 Å². The van der Waals surface area contributed by atoms with Crippen molar-refractivity contribution >= 4 is 11.6 Å². The van der Waals surface area contributed by atoms with Crippen molar-refractivity contribution in [2.24, 2.45) is 5.92 Å². The van der Waals surface area contributed by atoms with Gasteiger partial charge < -0.3 is 9.73 Å². The van der Waals surface area contributed by atoms with Gasteiger partial charge in [0.05, 0.1) is 6.26 Å². The fourth-order valence-electron chi connectivity index (χ4n) is 3.54. The number of carbonyl (C=O) groups excluding carboxylic acids is 1. The summed E-state index contributed by atoms with van der Waals surface area (Å²) in [5.74, 6) is 0.963. The number of amides is 1. The predicted octanol–water partition coefficient (Wildman–Crippen LogP) is 4.19. The molecule has 4 rings (SSSR count). The van der Waals surface area contributed by atoms with E-state index >= 15 is 0 Å². The van der Waals surface area contributed by atoms with Crippen LogP contribution in [0.15, 0.2) is 71.6 Å². The van der Waals surface area contributed by atoms with E-state index in [9.17, 15) is 4.79 Å². The van der Waals surface area contributed by atoms with E-state index in [2.05, 4.69) is 21.3 Å². The molecular weight excluding hydrogens is 338 g/mol. The molecule has 27 heavy (non-hydrogen) atoms. The number of nitrogens with zero attached hydrogens (tertiary/aromatic N) is 2. The molecule has 5 nitrogen and oxygen atoms in total. The number of aromatic nitrogens is 1. The van der Waals surface area contributed by atoms with E-state index < -0.39 is 0 Å². The summed E-state index contributed by atoms with van der Waals surface area (Å²) in [5, 5.41) is 3.07. The normalized spacial score (nSPS) is 15.6. The highest BCUT2D eigenvalue weighted by Gasteiger charge is 2.25. The number of nitrogens with one attached hydrogen (secondary N) is 1. The van der Waals surface area contributed by atoms with Crippen LogP contribution in [0.25, 0.3) is 11.3 Å². The summed E-state index contributed by atoms with van der Waals surface area (Å²) in [7, 11) is 0. The molecule has 1 N–H and O–H groups in total. The second-order valence-corrected chi connectivity index (χ2v) is 6.96. The third-order valence-electron chi connectivity index (χ3n) is 5.02. The Balaban J connectivity index is 1.31. The molecule has 3 heterocycles. The first kappa shape index (κ1) is 17.5. The van der Waals surface area contributed by atoms with E-state index in [1.807, 2.05) is 48.7 Å². The predicted molar refractivity (Wildman–Crippen MR) is 105 cm³/mol. The SMILES string of the molecule is O=C(Nc1cccc(-c2ccco2)c1)C1CCN(Cc2cccnc2)CC1. The minimum Gasteiger partial charge on any atom is -0.464 e. The highest BCUT2D eigenvalue weighted by Crippen LogP contribution is 2.25. The Bertz CT molecular complexity index is 870. The van der Waals surface area contributed by atoms with Crippen LogP contribution in [0.1, 0.15) is 18.4 Å². The molecular formula is C22H23N3O2. The fourth-order valence-corrected chi connectivity index (χ4v) is 3.54. The fraction of sp³-hybridized carbons (Fsp3) is 0.273. The highest BCUT2D eigenvalue weighted by atomic mass is 16.3. The summed E-state index contributed by atoms with van der Waals surface area (Å²) in [4.78, 5) is 19.2.